The second-order valence-corrected chi connectivity index (χ2v) is 5.86. The Morgan fingerprint density at radius 1 is 1.50 bits per heavy atom. The molecule has 0 saturated heterocycles. The molecular weight excluding hydrogens is 256 g/mol. The van der Waals surface area contributed by atoms with E-state index in [1.807, 2.05) is 0 Å². The first-order valence-corrected chi connectivity index (χ1v) is 7.52. The average Bonchev–Trinajstić information content (AvgIpc) is 2.79. The van der Waals surface area contributed by atoms with E-state index in [-0.39, 0.29) is 19.0 Å². The molecule has 7 heteroatoms. The Morgan fingerprint density at radius 3 is 2.72 bits per heavy atom. The van der Waals surface area contributed by atoms with Crippen LogP contribution in [0.4, 0.5) is 0 Å². The van der Waals surface area contributed by atoms with Gasteiger partial charge in [-0.15, -0.1) is 0 Å². The Morgan fingerprint density at radius 2 is 2.22 bits per heavy atom. The standard InChI is InChI=1S/C11H18N2O4S/c1-3-11(14)12-6-7-13(18(2,15)16)9-10-5-4-8-17-10/h4-5,8H,3,6-7,9H2,1-2H3,(H,12,14). The third-order valence-corrected chi connectivity index (χ3v) is 3.64. The topological polar surface area (TPSA) is 79.6 Å². The summed E-state index contributed by atoms with van der Waals surface area (Å²) < 4.78 is 29.5. The fourth-order valence-corrected chi connectivity index (χ4v) is 2.17. The normalized spacial score (nSPS) is 11.7. The number of carbonyl (C=O) groups excluding carboxylic acids is 1. The number of hydrogen-bond donors (Lipinski definition) is 1. The minimum atomic E-state index is -3.32. The van der Waals surface area contributed by atoms with E-state index < -0.39 is 10.0 Å². The molecule has 0 aliphatic carbocycles. The highest BCUT2D eigenvalue weighted by molar-refractivity contribution is 7.88. The van der Waals surface area contributed by atoms with Crippen LogP contribution in [0.15, 0.2) is 22.8 Å². The van der Waals surface area contributed by atoms with Crippen LogP contribution in [0, 0.1) is 0 Å². The third kappa shape index (κ3) is 4.89. The van der Waals surface area contributed by atoms with Crippen molar-refractivity contribution in [1.29, 1.82) is 0 Å². The number of carbonyl (C=O) groups is 1. The van der Waals surface area contributed by atoms with Crippen LogP contribution < -0.4 is 5.32 Å². The summed E-state index contributed by atoms with van der Waals surface area (Å²) in [6.07, 6.45) is 3.02. The van der Waals surface area contributed by atoms with Crippen molar-refractivity contribution in [3.8, 4) is 0 Å². The molecule has 1 aromatic rings. The zero-order valence-electron chi connectivity index (χ0n) is 10.5. The van der Waals surface area contributed by atoms with E-state index >= 15 is 0 Å². The summed E-state index contributed by atoms with van der Waals surface area (Å²) in [5, 5.41) is 2.64. The van der Waals surface area contributed by atoms with Gasteiger partial charge in [0.15, 0.2) is 0 Å². The highest BCUT2D eigenvalue weighted by atomic mass is 32.2. The summed E-state index contributed by atoms with van der Waals surface area (Å²) in [5.74, 6) is 0.476. The van der Waals surface area contributed by atoms with E-state index in [0.29, 0.717) is 18.7 Å². The number of nitrogens with one attached hydrogen (secondary N) is 1. The van der Waals surface area contributed by atoms with E-state index in [1.54, 1.807) is 19.1 Å². The molecule has 1 aromatic heterocycles. The van der Waals surface area contributed by atoms with Crippen LogP contribution in [0.2, 0.25) is 0 Å². The summed E-state index contributed by atoms with van der Waals surface area (Å²) >= 11 is 0. The lowest BCUT2D eigenvalue weighted by atomic mass is 10.4. The Kier molecular flexibility index (Phi) is 5.36. The molecule has 0 radical (unpaired) electrons. The van der Waals surface area contributed by atoms with Crippen molar-refractivity contribution in [3.63, 3.8) is 0 Å². The van der Waals surface area contributed by atoms with Gasteiger partial charge in [-0.1, -0.05) is 6.92 Å². The molecule has 0 unspecified atom stereocenters. The molecule has 1 rings (SSSR count). The summed E-state index contributed by atoms with van der Waals surface area (Å²) in [7, 11) is -3.32. The zero-order valence-corrected chi connectivity index (χ0v) is 11.4. The van der Waals surface area contributed by atoms with Crippen molar-refractivity contribution in [1.82, 2.24) is 9.62 Å². The van der Waals surface area contributed by atoms with Crippen LogP contribution in [0.5, 0.6) is 0 Å². The van der Waals surface area contributed by atoms with E-state index in [0.717, 1.165) is 6.26 Å². The maximum absolute atomic E-state index is 11.6. The van der Waals surface area contributed by atoms with E-state index in [2.05, 4.69) is 5.32 Å². The Balaban J connectivity index is 2.55. The first kappa shape index (κ1) is 14.7. The minimum Gasteiger partial charge on any atom is -0.468 e. The average molecular weight is 274 g/mol. The monoisotopic (exact) mass is 274 g/mol. The number of hydrogen-bond acceptors (Lipinski definition) is 4. The largest absolute Gasteiger partial charge is 0.468 e. The highest BCUT2D eigenvalue weighted by Crippen LogP contribution is 2.08. The molecule has 18 heavy (non-hydrogen) atoms. The lowest BCUT2D eigenvalue weighted by Crippen LogP contribution is -2.37. The van der Waals surface area contributed by atoms with Gasteiger partial charge in [0.2, 0.25) is 15.9 Å². The molecule has 1 amide bonds. The Hall–Kier alpha value is -1.34. The first-order chi connectivity index (χ1) is 8.43. The van der Waals surface area contributed by atoms with Gasteiger partial charge in [0, 0.05) is 19.5 Å². The van der Waals surface area contributed by atoms with Crippen LogP contribution in [0.1, 0.15) is 19.1 Å². The zero-order chi connectivity index (χ0) is 13.6. The maximum Gasteiger partial charge on any atom is 0.219 e. The van der Waals surface area contributed by atoms with Gasteiger partial charge >= 0.3 is 0 Å². The molecule has 1 heterocycles. The Bertz CT molecular complexity index is 467. The van der Waals surface area contributed by atoms with Gasteiger partial charge in [-0.2, -0.15) is 4.31 Å². The van der Waals surface area contributed by atoms with Crippen LogP contribution in [0.3, 0.4) is 0 Å². The molecule has 6 nitrogen and oxygen atoms in total. The molecule has 0 atom stereocenters. The fraction of sp³-hybridized carbons (Fsp3) is 0.545. The van der Waals surface area contributed by atoms with Gasteiger partial charge in [-0.3, -0.25) is 4.79 Å². The highest BCUT2D eigenvalue weighted by Gasteiger charge is 2.17. The van der Waals surface area contributed by atoms with Crippen LogP contribution in [-0.2, 0) is 21.4 Å². The second-order valence-electron chi connectivity index (χ2n) is 3.88. The molecule has 0 fully saturated rings. The van der Waals surface area contributed by atoms with Crippen LogP contribution in [0.25, 0.3) is 0 Å². The second kappa shape index (κ2) is 6.55. The molecule has 0 aromatic carbocycles. The summed E-state index contributed by atoms with van der Waals surface area (Å²) in [6.45, 7) is 2.44. The summed E-state index contributed by atoms with van der Waals surface area (Å²) in [6, 6.07) is 3.41. The van der Waals surface area contributed by atoms with E-state index in [4.69, 9.17) is 4.42 Å². The van der Waals surface area contributed by atoms with Crippen molar-refractivity contribution < 1.29 is 17.6 Å². The van der Waals surface area contributed by atoms with Gasteiger partial charge < -0.3 is 9.73 Å². The molecule has 1 N–H and O–H groups in total. The lowest BCUT2D eigenvalue weighted by Gasteiger charge is -2.18. The number of nitrogens with zero attached hydrogens (tertiary/aromatic N) is 1. The van der Waals surface area contributed by atoms with Crippen LogP contribution in [-0.4, -0.2) is 38.0 Å². The summed E-state index contributed by atoms with van der Waals surface area (Å²) in [4.78, 5) is 11.1. The van der Waals surface area contributed by atoms with Crippen molar-refractivity contribution in [2.24, 2.45) is 0 Å². The molecular formula is C11H18N2O4S. The number of furan rings is 1. The maximum atomic E-state index is 11.6. The molecule has 102 valence electrons. The van der Waals surface area contributed by atoms with Gasteiger partial charge in [0.1, 0.15) is 5.76 Å². The van der Waals surface area contributed by atoms with E-state index in [1.165, 1.54) is 10.6 Å². The fourth-order valence-electron chi connectivity index (χ4n) is 1.38. The van der Waals surface area contributed by atoms with Crippen molar-refractivity contribution in [2.75, 3.05) is 19.3 Å². The van der Waals surface area contributed by atoms with Crippen molar-refractivity contribution in [2.45, 2.75) is 19.9 Å². The van der Waals surface area contributed by atoms with Gasteiger partial charge in [0.25, 0.3) is 0 Å². The SMILES string of the molecule is CCC(=O)NCCN(Cc1ccco1)S(C)(=O)=O. The first-order valence-electron chi connectivity index (χ1n) is 5.67. The quantitative estimate of drug-likeness (QED) is 0.788. The van der Waals surface area contributed by atoms with Crippen LogP contribution >= 0.6 is 0 Å². The molecule has 0 spiro atoms. The van der Waals surface area contributed by atoms with Crippen molar-refractivity contribution in [3.05, 3.63) is 24.2 Å². The summed E-state index contributed by atoms with van der Waals surface area (Å²) in [5.41, 5.74) is 0. The van der Waals surface area contributed by atoms with E-state index in [9.17, 15) is 13.2 Å². The predicted molar refractivity (Wildman–Crippen MR) is 67.3 cm³/mol. The molecule has 0 aliphatic heterocycles. The molecule has 0 bridgehead atoms. The predicted octanol–water partition coefficient (Wildman–Crippen LogP) is 0.567. The smallest absolute Gasteiger partial charge is 0.219 e. The van der Waals surface area contributed by atoms with Gasteiger partial charge in [-0.05, 0) is 12.1 Å². The number of rotatable bonds is 7. The molecule has 0 saturated carbocycles. The molecule has 0 aliphatic rings. The Labute approximate surface area is 107 Å². The van der Waals surface area contributed by atoms with Gasteiger partial charge in [0.05, 0.1) is 19.1 Å². The third-order valence-electron chi connectivity index (χ3n) is 2.39. The van der Waals surface area contributed by atoms with Crippen molar-refractivity contribution >= 4 is 15.9 Å². The van der Waals surface area contributed by atoms with Gasteiger partial charge in [-0.25, -0.2) is 8.42 Å². The number of amides is 1. The number of sulfonamides is 1. The minimum absolute atomic E-state index is 0.0959. The lowest BCUT2D eigenvalue weighted by molar-refractivity contribution is -0.120.